The summed E-state index contributed by atoms with van der Waals surface area (Å²) in [7, 11) is 0. The van der Waals surface area contributed by atoms with E-state index >= 15 is 0 Å². The molecule has 1 fully saturated rings. The lowest BCUT2D eigenvalue weighted by Gasteiger charge is -2.37. The molecule has 196 valence electrons. The molecule has 1 saturated heterocycles. The van der Waals surface area contributed by atoms with Crippen molar-refractivity contribution >= 4 is 11.7 Å². The van der Waals surface area contributed by atoms with Gasteiger partial charge in [-0.3, -0.25) is 4.79 Å². The van der Waals surface area contributed by atoms with Gasteiger partial charge in [-0.05, 0) is 43.2 Å². The Morgan fingerprint density at radius 2 is 1.65 bits per heavy atom. The van der Waals surface area contributed by atoms with E-state index in [0.717, 1.165) is 61.9 Å². The Balaban J connectivity index is 1.56. The summed E-state index contributed by atoms with van der Waals surface area (Å²) in [6, 6.07) is 18.9. The molecule has 0 spiro atoms. The first-order valence-corrected chi connectivity index (χ1v) is 13.6. The van der Waals surface area contributed by atoms with Crippen molar-refractivity contribution in [2.24, 2.45) is 11.3 Å². The van der Waals surface area contributed by atoms with Crippen LogP contribution in [-0.2, 0) is 11.2 Å². The lowest BCUT2D eigenvalue weighted by atomic mass is 9.84. The Morgan fingerprint density at radius 1 is 0.946 bits per heavy atom. The van der Waals surface area contributed by atoms with Crippen LogP contribution in [0.15, 0.2) is 54.6 Å². The van der Waals surface area contributed by atoms with Crippen molar-refractivity contribution < 1.29 is 4.79 Å². The van der Waals surface area contributed by atoms with Gasteiger partial charge in [0.2, 0.25) is 5.91 Å². The number of carbonyl (C=O) groups excluding carboxylic acids is 1. The number of hydrogen-bond acceptors (Lipinski definition) is 4. The molecule has 1 unspecified atom stereocenters. The molecule has 0 N–H and O–H groups in total. The molecule has 1 aromatic heterocycles. The Morgan fingerprint density at radius 3 is 2.30 bits per heavy atom. The Labute approximate surface area is 222 Å². The number of carbonyl (C=O) groups is 1. The van der Waals surface area contributed by atoms with E-state index in [2.05, 4.69) is 95.0 Å². The van der Waals surface area contributed by atoms with E-state index in [9.17, 15) is 4.79 Å². The van der Waals surface area contributed by atoms with Gasteiger partial charge in [0.15, 0.2) is 5.82 Å². The number of piperazine rings is 1. The van der Waals surface area contributed by atoms with Crippen LogP contribution in [0.5, 0.6) is 0 Å². The molecule has 0 aliphatic carbocycles. The third-order valence-corrected chi connectivity index (χ3v) is 7.11. The largest absolute Gasteiger partial charge is 0.353 e. The molecule has 4 rings (SSSR count). The molecule has 1 aliphatic heterocycles. The maximum absolute atomic E-state index is 13.1. The van der Waals surface area contributed by atoms with E-state index < -0.39 is 0 Å². The highest BCUT2D eigenvalue weighted by Gasteiger charge is 2.27. The standard InChI is InChI=1S/C32H42N4O/c1-23-11-10-14-27(19-23)30-33-25(3)28(21-26-12-8-7-9-13-26)31(34-30)36-17-15-35(16-18-36)29(37)20-24(2)22-32(4,5)6/h7-14,19,24H,15-18,20-22H2,1-6H3. The summed E-state index contributed by atoms with van der Waals surface area (Å²) in [4.78, 5) is 27.5. The van der Waals surface area contributed by atoms with Crippen molar-refractivity contribution in [2.45, 2.75) is 60.8 Å². The zero-order valence-corrected chi connectivity index (χ0v) is 23.4. The second-order valence-corrected chi connectivity index (χ2v) is 11.9. The molecule has 1 atom stereocenters. The molecule has 1 amide bonds. The maximum Gasteiger partial charge on any atom is 0.222 e. The van der Waals surface area contributed by atoms with Crippen molar-refractivity contribution in [1.29, 1.82) is 0 Å². The highest BCUT2D eigenvalue weighted by Crippen LogP contribution is 2.30. The van der Waals surface area contributed by atoms with Crippen molar-refractivity contribution in [3.63, 3.8) is 0 Å². The zero-order valence-electron chi connectivity index (χ0n) is 23.4. The Kier molecular flexibility index (Phi) is 8.31. The van der Waals surface area contributed by atoms with Gasteiger partial charge in [-0.15, -0.1) is 0 Å². The third kappa shape index (κ3) is 7.18. The normalized spacial score (nSPS) is 15.1. The molecule has 3 aromatic rings. The van der Waals surface area contributed by atoms with Gasteiger partial charge in [0.05, 0.1) is 0 Å². The maximum atomic E-state index is 13.1. The van der Waals surface area contributed by atoms with Crippen LogP contribution < -0.4 is 4.90 Å². The molecule has 1 aliphatic rings. The van der Waals surface area contributed by atoms with Gasteiger partial charge in [0.1, 0.15) is 5.82 Å². The van der Waals surface area contributed by atoms with Gasteiger partial charge in [-0.2, -0.15) is 0 Å². The fraction of sp³-hybridized carbons (Fsp3) is 0.469. The van der Waals surface area contributed by atoms with Gasteiger partial charge in [0, 0.05) is 55.8 Å². The molecule has 0 bridgehead atoms. The number of nitrogens with zero attached hydrogens (tertiary/aromatic N) is 4. The molecule has 2 heterocycles. The molecule has 5 heteroatoms. The van der Waals surface area contributed by atoms with E-state index in [4.69, 9.17) is 9.97 Å². The smallest absolute Gasteiger partial charge is 0.222 e. The summed E-state index contributed by atoms with van der Waals surface area (Å²) in [5.41, 5.74) is 5.91. The van der Waals surface area contributed by atoms with Crippen LogP contribution in [0.2, 0.25) is 0 Å². The molecule has 0 radical (unpaired) electrons. The summed E-state index contributed by atoms with van der Waals surface area (Å²) in [6.07, 6.45) is 2.48. The van der Waals surface area contributed by atoms with Crippen LogP contribution in [-0.4, -0.2) is 47.0 Å². The highest BCUT2D eigenvalue weighted by molar-refractivity contribution is 5.77. The Hall–Kier alpha value is -3.21. The summed E-state index contributed by atoms with van der Waals surface area (Å²) in [5, 5.41) is 0. The summed E-state index contributed by atoms with van der Waals surface area (Å²) >= 11 is 0. The Bertz CT molecular complexity index is 1210. The molecular weight excluding hydrogens is 456 g/mol. The van der Waals surface area contributed by atoms with Crippen LogP contribution in [0, 0.1) is 25.2 Å². The summed E-state index contributed by atoms with van der Waals surface area (Å²) in [5.74, 6) is 2.44. The predicted octanol–water partition coefficient (Wildman–Crippen LogP) is 6.46. The number of benzene rings is 2. The lowest BCUT2D eigenvalue weighted by molar-refractivity contribution is -0.132. The molecular formula is C32H42N4O. The number of rotatable bonds is 7. The number of amides is 1. The first-order valence-electron chi connectivity index (χ1n) is 13.6. The van der Waals surface area contributed by atoms with Crippen molar-refractivity contribution in [1.82, 2.24) is 14.9 Å². The monoisotopic (exact) mass is 498 g/mol. The van der Waals surface area contributed by atoms with Crippen LogP contribution in [0.3, 0.4) is 0 Å². The SMILES string of the molecule is Cc1cccc(-c2nc(C)c(Cc3ccccc3)c(N3CCN(C(=O)CC(C)CC(C)(C)C)CC3)n2)c1. The molecule has 37 heavy (non-hydrogen) atoms. The van der Waals surface area contributed by atoms with E-state index in [1.54, 1.807) is 0 Å². The van der Waals surface area contributed by atoms with E-state index in [0.29, 0.717) is 12.3 Å². The van der Waals surface area contributed by atoms with Crippen molar-refractivity contribution in [3.05, 3.63) is 77.0 Å². The quantitative estimate of drug-likeness (QED) is 0.375. The molecule has 5 nitrogen and oxygen atoms in total. The fourth-order valence-corrected chi connectivity index (χ4v) is 5.48. The fourth-order valence-electron chi connectivity index (χ4n) is 5.48. The first-order chi connectivity index (χ1) is 17.6. The van der Waals surface area contributed by atoms with Crippen LogP contribution in [0.1, 0.15) is 62.9 Å². The number of hydrogen-bond donors (Lipinski definition) is 0. The van der Waals surface area contributed by atoms with Crippen LogP contribution in [0.4, 0.5) is 5.82 Å². The average Bonchev–Trinajstić information content (AvgIpc) is 2.84. The molecule has 2 aromatic carbocycles. The number of aromatic nitrogens is 2. The minimum Gasteiger partial charge on any atom is -0.353 e. The summed E-state index contributed by atoms with van der Waals surface area (Å²) < 4.78 is 0. The summed E-state index contributed by atoms with van der Waals surface area (Å²) in [6.45, 7) is 16.2. The van der Waals surface area contributed by atoms with Crippen LogP contribution >= 0.6 is 0 Å². The topological polar surface area (TPSA) is 49.3 Å². The van der Waals surface area contributed by atoms with Crippen molar-refractivity contribution in [2.75, 3.05) is 31.1 Å². The van der Waals surface area contributed by atoms with E-state index in [1.807, 2.05) is 11.0 Å². The van der Waals surface area contributed by atoms with Gasteiger partial charge in [-0.25, -0.2) is 9.97 Å². The van der Waals surface area contributed by atoms with Crippen LogP contribution in [0.25, 0.3) is 11.4 Å². The van der Waals surface area contributed by atoms with Gasteiger partial charge >= 0.3 is 0 Å². The average molecular weight is 499 g/mol. The van der Waals surface area contributed by atoms with Gasteiger partial charge in [0.25, 0.3) is 0 Å². The van der Waals surface area contributed by atoms with Crippen molar-refractivity contribution in [3.8, 4) is 11.4 Å². The minimum atomic E-state index is 0.243. The number of anilines is 1. The van der Waals surface area contributed by atoms with Gasteiger partial charge < -0.3 is 9.80 Å². The lowest BCUT2D eigenvalue weighted by Crippen LogP contribution is -2.49. The molecule has 0 saturated carbocycles. The second-order valence-electron chi connectivity index (χ2n) is 11.9. The van der Waals surface area contributed by atoms with E-state index in [-0.39, 0.29) is 11.3 Å². The second kappa shape index (κ2) is 11.5. The first kappa shape index (κ1) is 26.8. The predicted molar refractivity (Wildman–Crippen MR) is 153 cm³/mol. The third-order valence-electron chi connectivity index (χ3n) is 7.11. The minimum absolute atomic E-state index is 0.243. The van der Waals surface area contributed by atoms with Gasteiger partial charge in [-0.1, -0.05) is 81.8 Å². The zero-order chi connectivity index (χ0) is 26.6. The number of aryl methyl sites for hydroxylation is 2. The van der Waals surface area contributed by atoms with E-state index in [1.165, 1.54) is 16.7 Å². The highest BCUT2D eigenvalue weighted by atomic mass is 16.2.